The smallest absolute Gasteiger partial charge is 0.257 e. The largest absolute Gasteiger partial charge is 0.307 e. The van der Waals surface area contributed by atoms with Gasteiger partial charge in [-0.2, -0.15) is 15.5 Å². The quantitative estimate of drug-likeness (QED) is 0.787. The number of aromatic nitrogens is 5. The van der Waals surface area contributed by atoms with Crippen molar-refractivity contribution in [3.8, 4) is 6.07 Å². The number of hydrogen-bond donors (Lipinski definition) is 1. The number of pyridine rings is 1. The summed E-state index contributed by atoms with van der Waals surface area (Å²) >= 11 is 0. The van der Waals surface area contributed by atoms with E-state index < -0.39 is 0 Å². The van der Waals surface area contributed by atoms with Gasteiger partial charge in [-0.15, -0.1) is 0 Å². The topological polar surface area (TPSA) is 101 Å². The molecule has 8 heteroatoms. The van der Waals surface area contributed by atoms with Crippen LogP contribution in [0.15, 0.2) is 12.1 Å². The zero-order valence-electron chi connectivity index (χ0n) is 14.7. The fourth-order valence-electron chi connectivity index (χ4n) is 2.91. The van der Waals surface area contributed by atoms with Crippen LogP contribution in [0.25, 0.3) is 11.0 Å². The number of fused-ring (bicyclic) bond motifs is 1. The number of amides is 1. The molecule has 1 amide bonds. The highest BCUT2D eigenvalue weighted by atomic mass is 16.1. The summed E-state index contributed by atoms with van der Waals surface area (Å²) in [5.41, 5.74) is 3.48. The number of carbonyl (C=O) groups is 1. The number of nitrogens with one attached hydrogen (secondary N) is 1. The van der Waals surface area contributed by atoms with E-state index in [9.17, 15) is 4.79 Å². The first-order valence-electron chi connectivity index (χ1n) is 7.94. The van der Waals surface area contributed by atoms with E-state index in [1.165, 1.54) is 0 Å². The van der Waals surface area contributed by atoms with Crippen LogP contribution in [0.5, 0.6) is 0 Å². The van der Waals surface area contributed by atoms with Crippen molar-refractivity contribution in [3.63, 3.8) is 0 Å². The number of hydrogen-bond acceptors (Lipinski definition) is 5. The van der Waals surface area contributed by atoms with Crippen LogP contribution in [0.3, 0.4) is 0 Å². The van der Waals surface area contributed by atoms with Gasteiger partial charge in [-0.3, -0.25) is 9.48 Å². The average Bonchev–Trinajstić information content (AvgIpc) is 3.04. The zero-order valence-corrected chi connectivity index (χ0v) is 14.7. The second-order valence-corrected chi connectivity index (χ2v) is 5.98. The van der Waals surface area contributed by atoms with Crippen molar-refractivity contribution < 1.29 is 4.79 Å². The first-order chi connectivity index (χ1) is 11.9. The van der Waals surface area contributed by atoms with Crippen molar-refractivity contribution in [2.24, 2.45) is 7.05 Å². The van der Waals surface area contributed by atoms with Gasteiger partial charge in [0.1, 0.15) is 5.82 Å². The Balaban J connectivity index is 2.00. The normalized spacial score (nSPS) is 10.8. The zero-order chi connectivity index (χ0) is 18.1. The molecule has 0 saturated heterocycles. The van der Waals surface area contributed by atoms with E-state index in [1.54, 1.807) is 21.5 Å². The minimum Gasteiger partial charge on any atom is -0.307 e. The van der Waals surface area contributed by atoms with Crippen LogP contribution in [0.1, 0.15) is 33.9 Å². The number of nitrogens with zero attached hydrogens (tertiary/aromatic N) is 6. The Hall–Kier alpha value is -3.21. The summed E-state index contributed by atoms with van der Waals surface area (Å²) in [4.78, 5) is 17.4. The molecule has 25 heavy (non-hydrogen) atoms. The molecule has 0 bridgehead atoms. The molecule has 0 saturated carbocycles. The van der Waals surface area contributed by atoms with Crippen LogP contribution in [0.2, 0.25) is 0 Å². The molecule has 1 N–H and O–H groups in total. The highest BCUT2D eigenvalue weighted by molar-refractivity contribution is 6.12. The first-order valence-corrected chi connectivity index (χ1v) is 7.94. The van der Waals surface area contributed by atoms with Crippen molar-refractivity contribution in [1.29, 1.82) is 5.26 Å². The molecule has 0 aliphatic heterocycles. The lowest BCUT2D eigenvalue weighted by Gasteiger charge is -2.09. The highest BCUT2D eigenvalue weighted by Gasteiger charge is 2.19. The Labute approximate surface area is 145 Å². The van der Waals surface area contributed by atoms with Crippen molar-refractivity contribution in [3.05, 3.63) is 34.8 Å². The van der Waals surface area contributed by atoms with Gasteiger partial charge < -0.3 is 5.32 Å². The van der Waals surface area contributed by atoms with Gasteiger partial charge in [0.15, 0.2) is 5.65 Å². The van der Waals surface area contributed by atoms with Crippen LogP contribution in [-0.4, -0.2) is 30.5 Å². The maximum Gasteiger partial charge on any atom is 0.257 e. The molecule has 0 atom stereocenters. The van der Waals surface area contributed by atoms with Crippen LogP contribution in [0.4, 0.5) is 5.82 Å². The molecule has 3 aromatic rings. The molecule has 0 fully saturated rings. The number of anilines is 1. The molecule has 3 rings (SSSR count). The Morgan fingerprint density at radius 1 is 1.24 bits per heavy atom. The van der Waals surface area contributed by atoms with E-state index >= 15 is 0 Å². The van der Waals surface area contributed by atoms with Crippen LogP contribution in [-0.2, 0) is 13.6 Å². The third-order valence-corrected chi connectivity index (χ3v) is 3.92. The summed E-state index contributed by atoms with van der Waals surface area (Å²) in [6.07, 6.45) is 0.324. The third kappa shape index (κ3) is 3.08. The molecule has 3 aromatic heterocycles. The third-order valence-electron chi connectivity index (χ3n) is 3.92. The summed E-state index contributed by atoms with van der Waals surface area (Å²) in [6.45, 7) is 5.98. The van der Waals surface area contributed by atoms with E-state index in [0.29, 0.717) is 30.0 Å². The summed E-state index contributed by atoms with van der Waals surface area (Å²) in [5.74, 6) is 0.326. The fourth-order valence-corrected chi connectivity index (χ4v) is 2.91. The minimum atomic E-state index is -0.246. The van der Waals surface area contributed by atoms with Crippen molar-refractivity contribution >= 4 is 22.8 Å². The molecule has 128 valence electrons. The average molecular weight is 337 g/mol. The summed E-state index contributed by atoms with van der Waals surface area (Å²) < 4.78 is 3.31. The lowest BCUT2D eigenvalue weighted by atomic mass is 10.1. The molecule has 0 aliphatic rings. The van der Waals surface area contributed by atoms with Gasteiger partial charge in [0.25, 0.3) is 5.91 Å². The van der Waals surface area contributed by atoms with E-state index in [2.05, 4.69) is 26.6 Å². The van der Waals surface area contributed by atoms with Crippen LogP contribution in [0, 0.1) is 32.1 Å². The highest BCUT2D eigenvalue weighted by Crippen LogP contribution is 2.23. The number of rotatable bonds is 4. The predicted octanol–water partition coefficient (Wildman–Crippen LogP) is 2.26. The van der Waals surface area contributed by atoms with Gasteiger partial charge in [-0.05, 0) is 26.8 Å². The maximum atomic E-state index is 12.9. The molecular weight excluding hydrogens is 318 g/mol. The maximum absolute atomic E-state index is 12.9. The molecule has 8 nitrogen and oxygen atoms in total. The Bertz CT molecular complexity index is 1010. The number of carbonyl (C=O) groups excluding carboxylic acids is 1. The van der Waals surface area contributed by atoms with Crippen LogP contribution < -0.4 is 5.32 Å². The first kappa shape index (κ1) is 16.6. The van der Waals surface area contributed by atoms with E-state index in [-0.39, 0.29) is 5.91 Å². The lowest BCUT2D eigenvalue weighted by molar-refractivity contribution is 0.102. The second-order valence-electron chi connectivity index (χ2n) is 5.98. The fraction of sp³-hybridized carbons (Fsp3) is 0.353. The second kappa shape index (κ2) is 6.36. The molecule has 0 aliphatic carbocycles. The lowest BCUT2D eigenvalue weighted by Crippen LogP contribution is -2.17. The monoisotopic (exact) mass is 337 g/mol. The van der Waals surface area contributed by atoms with Crippen molar-refractivity contribution in [2.75, 3.05) is 5.32 Å². The summed E-state index contributed by atoms with van der Waals surface area (Å²) in [7, 11) is 1.81. The van der Waals surface area contributed by atoms with Crippen LogP contribution >= 0.6 is 0 Å². The van der Waals surface area contributed by atoms with Gasteiger partial charge in [-0.1, -0.05) is 0 Å². The number of aryl methyl sites for hydroxylation is 5. The van der Waals surface area contributed by atoms with E-state index in [1.807, 2.05) is 27.8 Å². The molecular formula is C17H19N7O. The van der Waals surface area contributed by atoms with E-state index in [0.717, 1.165) is 22.5 Å². The van der Waals surface area contributed by atoms with Gasteiger partial charge in [0.05, 0.1) is 41.4 Å². The number of nitriles is 1. The predicted molar refractivity (Wildman–Crippen MR) is 93.1 cm³/mol. The van der Waals surface area contributed by atoms with Crippen molar-refractivity contribution in [1.82, 2.24) is 24.5 Å². The van der Waals surface area contributed by atoms with Gasteiger partial charge in [0.2, 0.25) is 0 Å². The molecule has 0 spiro atoms. The van der Waals surface area contributed by atoms with Crippen molar-refractivity contribution in [2.45, 2.75) is 33.7 Å². The van der Waals surface area contributed by atoms with Gasteiger partial charge >= 0.3 is 0 Å². The Morgan fingerprint density at radius 3 is 2.72 bits per heavy atom. The Kier molecular flexibility index (Phi) is 4.23. The Morgan fingerprint density at radius 2 is 2.00 bits per heavy atom. The summed E-state index contributed by atoms with van der Waals surface area (Å²) in [5, 5.41) is 21.1. The molecule has 0 radical (unpaired) electrons. The molecule has 0 aromatic carbocycles. The molecule has 3 heterocycles. The minimum absolute atomic E-state index is 0.246. The van der Waals surface area contributed by atoms with E-state index in [4.69, 9.17) is 5.26 Å². The standard InChI is InChI=1S/C17H19N7O/c1-10-8-13(15-12(3)22-23(4)16(15)19-10)17(25)20-14-9-11(2)21-24(14)7-5-6-18/h8-9H,5,7H2,1-4H3,(H,20,25). The SMILES string of the molecule is Cc1cc(C(=O)Nc2cc(C)nn2CCC#N)c2c(C)nn(C)c2n1. The van der Waals surface area contributed by atoms with Gasteiger partial charge in [0, 0.05) is 18.8 Å². The molecule has 0 unspecified atom stereocenters. The summed E-state index contributed by atoms with van der Waals surface area (Å²) in [6, 6.07) is 5.63. The van der Waals surface area contributed by atoms with Gasteiger partial charge in [-0.25, -0.2) is 9.67 Å².